The van der Waals surface area contributed by atoms with Gasteiger partial charge in [-0.2, -0.15) is 0 Å². The molecule has 0 spiro atoms. The van der Waals surface area contributed by atoms with Crippen molar-refractivity contribution in [2.75, 3.05) is 0 Å². The van der Waals surface area contributed by atoms with Crippen molar-refractivity contribution in [1.82, 2.24) is 0 Å². The number of furan rings is 1. The fraction of sp³-hybridized carbons (Fsp3) is 0.0952. The van der Waals surface area contributed by atoms with Crippen LogP contribution in [0, 0.1) is 0 Å². The number of aromatic carboxylic acids is 1. The molecule has 0 bridgehead atoms. The van der Waals surface area contributed by atoms with Crippen LogP contribution in [-0.2, 0) is 0 Å². The van der Waals surface area contributed by atoms with Gasteiger partial charge in [-0.25, -0.2) is 4.79 Å². The first kappa shape index (κ1) is 17.4. The molecule has 2 aromatic carbocycles. The summed E-state index contributed by atoms with van der Waals surface area (Å²) in [4.78, 5) is 36.5. The van der Waals surface area contributed by atoms with Crippen molar-refractivity contribution in [2.45, 2.75) is 12.3 Å². The molecule has 130 valence electrons. The number of rotatable bonds is 7. The largest absolute Gasteiger partial charge is 0.478 e. The summed E-state index contributed by atoms with van der Waals surface area (Å²) in [6.45, 7) is 0. The van der Waals surface area contributed by atoms with Crippen molar-refractivity contribution in [3.63, 3.8) is 0 Å². The Labute approximate surface area is 149 Å². The molecule has 1 aromatic heterocycles. The number of ketones is 2. The normalized spacial score (nSPS) is 11.7. The van der Waals surface area contributed by atoms with E-state index in [9.17, 15) is 14.4 Å². The first-order valence-electron chi connectivity index (χ1n) is 8.05. The zero-order chi connectivity index (χ0) is 18.5. The Kier molecular flexibility index (Phi) is 5.08. The third kappa shape index (κ3) is 3.78. The summed E-state index contributed by atoms with van der Waals surface area (Å²) in [5.41, 5.74) is 1.21. The van der Waals surface area contributed by atoms with Crippen LogP contribution in [0.4, 0.5) is 0 Å². The van der Waals surface area contributed by atoms with E-state index in [1.54, 1.807) is 48.5 Å². The van der Waals surface area contributed by atoms with Crippen molar-refractivity contribution in [2.24, 2.45) is 0 Å². The lowest BCUT2D eigenvalue weighted by molar-refractivity contribution is 0.0696. The van der Waals surface area contributed by atoms with E-state index in [1.165, 1.54) is 18.4 Å². The molecule has 0 aliphatic heterocycles. The van der Waals surface area contributed by atoms with Gasteiger partial charge in [-0.1, -0.05) is 42.5 Å². The molecule has 3 rings (SSSR count). The molecule has 0 amide bonds. The second kappa shape index (κ2) is 7.61. The summed E-state index contributed by atoms with van der Waals surface area (Å²) in [7, 11) is 0. The molecule has 0 saturated carbocycles. The molecular formula is C21H16O5. The van der Waals surface area contributed by atoms with Crippen LogP contribution >= 0.6 is 0 Å². The van der Waals surface area contributed by atoms with Gasteiger partial charge in [-0.15, -0.1) is 0 Å². The van der Waals surface area contributed by atoms with Crippen LogP contribution in [-0.4, -0.2) is 22.6 Å². The molecule has 5 heteroatoms. The molecular weight excluding hydrogens is 332 g/mol. The van der Waals surface area contributed by atoms with E-state index in [2.05, 4.69) is 0 Å². The highest BCUT2D eigenvalue weighted by atomic mass is 16.4. The van der Waals surface area contributed by atoms with Gasteiger partial charge in [0.1, 0.15) is 0 Å². The fourth-order valence-electron chi connectivity index (χ4n) is 2.74. The predicted octanol–water partition coefficient (Wildman–Crippen LogP) is 4.22. The van der Waals surface area contributed by atoms with E-state index in [4.69, 9.17) is 9.52 Å². The zero-order valence-electron chi connectivity index (χ0n) is 13.8. The maximum Gasteiger partial charge on any atom is 0.335 e. The highest BCUT2D eigenvalue weighted by Crippen LogP contribution is 2.27. The molecule has 5 nitrogen and oxygen atoms in total. The van der Waals surface area contributed by atoms with E-state index >= 15 is 0 Å². The Morgan fingerprint density at radius 1 is 0.846 bits per heavy atom. The van der Waals surface area contributed by atoms with Crippen molar-refractivity contribution < 1.29 is 23.9 Å². The minimum Gasteiger partial charge on any atom is -0.478 e. The first-order chi connectivity index (χ1) is 12.6. The lowest BCUT2D eigenvalue weighted by atomic mass is 9.87. The van der Waals surface area contributed by atoms with Gasteiger partial charge < -0.3 is 9.52 Å². The van der Waals surface area contributed by atoms with Crippen molar-refractivity contribution in [3.8, 4) is 0 Å². The van der Waals surface area contributed by atoms with Crippen LogP contribution in [0.1, 0.15) is 49.2 Å². The molecule has 1 N–H and O–H groups in total. The van der Waals surface area contributed by atoms with Gasteiger partial charge in [0.25, 0.3) is 0 Å². The highest BCUT2D eigenvalue weighted by molar-refractivity contribution is 6.05. The Morgan fingerprint density at radius 3 is 2.12 bits per heavy atom. The van der Waals surface area contributed by atoms with Gasteiger partial charge in [0.2, 0.25) is 5.78 Å². The van der Waals surface area contributed by atoms with Crippen molar-refractivity contribution in [1.29, 1.82) is 0 Å². The number of hydrogen-bond donors (Lipinski definition) is 1. The Bertz CT molecular complexity index is 909. The Balaban J connectivity index is 1.92. The SMILES string of the molecule is O=C(O)c1ccc(C(CC(=O)c2ccccc2)C(=O)c2ccco2)cc1. The van der Waals surface area contributed by atoms with Gasteiger partial charge in [0.05, 0.1) is 17.7 Å². The molecule has 1 heterocycles. The van der Waals surface area contributed by atoms with Crippen LogP contribution in [0.5, 0.6) is 0 Å². The number of carbonyl (C=O) groups excluding carboxylic acids is 2. The molecule has 0 radical (unpaired) electrons. The number of carbonyl (C=O) groups is 3. The van der Waals surface area contributed by atoms with E-state index in [0.29, 0.717) is 11.1 Å². The second-order valence-corrected chi connectivity index (χ2v) is 5.81. The van der Waals surface area contributed by atoms with Crippen molar-refractivity contribution >= 4 is 17.5 Å². The second-order valence-electron chi connectivity index (χ2n) is 5.81. The van der Waals surface area contributed by atoms with Crippen LogP contribution in [0.3, 0.4) is 0 Å². The summed E-state index contributed by atoms with van der Waals surface area (Å²) < 4.78 is 5.19. The molecule has 0 saturated heterocycles. The molecule has 26 heavy (non-hydrogen) atoms. The summed E-state index contributed by atoms with van der Waals surface area (Å²) in [6.07, 6.45) is 1.37. The number of carboxylic acid groups (broad SMARTS) is 1. The fourth-order valence-corrected chi connectivity index (χ4v) is 2.74. The molecule has 0 aliphatic rings. The van der Waals surface area contributed by atoms with Gasteiger partial charge in [-0.3, -0.25) is 9.59 Å². The number of hydrogen-bond acceptors (Lipinski definition) is 4. The Hall–Kier alpha value is -3.47. The number of Topliss-reactive ketones (excluding diaryl/α,β-unsaturated/α-hetero) is 2. The van der Waals surface area contributed by atoms with Crippen molar-refractivity contribution in [3.05, 3.63) is 95.4 Å². The lowest BCUT2D eigenvalue weighted by Gasteiger charge is -2.15. The zero-order valence-corrected chi connectivity index (χ0v) is 13.8. The number of benzene rings is 2. The van der Waals surface area contributed by atoms with Crippen LogP contribution in [0.25, 0.3) is 0 Å². The van der Waals surface area contributed by atoms with Crippen LogP contribution in [0.15, 0.2) is 77.4 Å². The smallest absolute Gasteiger partial charge is 0.335 e. The van der Waals surface area contributed by atoms with E-state index in [-0.39, 0.29) is 29.3 Å². The monoisotopic (exact) mass is 348 g/mol. The summed E-state index contributed by atoms with van der Waals surface area (Å²) in [6, 6.07) is 17.9. The van der Waals surface area contributed by atoms with Gasteiger partial charge in [0.15, 0.2) is 11.5 Å². The lowest BCUT2D eigenvalue weighted by Crippen LogP contribution is -2.17. The third-order valence-electron chi connectivity index (χ3n) is 4.13. The first-order valence-corrected chi connectivity index (χ1v) is 8.05. The maximum atomic E-state index is 12.8. The predicted molar refractivity (Wildman–Crippen MR) is 94.6 cm³/mol. The molecule has 0 fully saturated rings. The Morgan fingerprint density at radius 2 is 1.54 bits per heavy atom. The van der Waals surface area contributed by atoms with E-state index < -0.39 is 11.9 Å². The third-order valence-corrected chi connectivity index (χ3v) is 4.13. The van der Waals surface area contributed by atoms with Crippen LogP contribution in [0.2, 0.25) is 0 Å². The van der Waals surface area contributed by atoms with E-state index in [0.717, 1.165) is 0 Å². The number of carboxylic acids is 1. The summed E-state index contributed by atoms with van der Waals surface area (Å²) in [5, 5.41) is 9.03. The molecule has 0 aliphatic carbocycles. The minimum atomic E-state index is -1.05. The van der Waals surface area contributed by atoms with E-state index in [1.807, 2.05) is 6.07 Å². The van der Waals surface area contributed by atoms with Gasteiger partial charge >= 0.3 is 5.97 Å². The quantitative estimate of drug-likeness (QED) is 0.646. The average molecular weight is 348 g/mol. The topological polar surface area (TPSA) is 84.6 Å². The van der Waals surface area contributed by atoms with Gasteiger partial charge in [-0.05, 0) is 29.8 Å². The molecule has 1 unspecified atom stereocenters. The summed E-state index contributed by atoms with van der Waals surface area (Å²) in [5.74, 6) is -2.12. The standard InChI is InChI=1S/C21H16O5/c22-18(15-5-2-1-3-6-15)13-17(20(23)19-7-4-12-26-19)14-8-10-16(11-9-14)21(24)25/h1-12,17H,13H2,(H,24,25). The average Bonchev–Trinajstić information content (AvgIpc) is 3.21. The molecule has 3 aromatic rings. The van der Waals surface area contributed by atoms with Gasteiger partial charge in [0, 0.05) is 12.0 Å². The summed E-state index contributed by atoms with van der Waals surface area (Å²) >= 11 is 0. The highest BCUT2D eigenvalue weighted by Gasteiger charge is 2.27. The molecule has 1 atom stereocenters. The maximum absolute atomic E-state index is 12.8. The van der Waals surface area contributed by atoms with Crippen LogP contribution < -0.4 is 0 Å². The minimum absolute atomic E-state index is 0.0318.